The standard InChI is InChI=1S/C26H31N3O5S/c1-18(30)28-22-11-9-21(10-12-22)24(15-19-6-4-3-5-7-19)27-17-23(31)14-20-8-13-26(32)25(16-20)29-35(2,33)34/h3-13,16,23-24,27,29,31-32H,14-15,17H2,1-2H3,(H,28,30). The molecule has 0 radical (unpaired) electrons. The van der Waals surface area contributed by atoms with Gasteiger partial charge in [-0.2, -0.15) is 0 Å². The quantitative estimate of drug-likeness (QED) is 0.259. The zero-order valence-corrected chi connectivity index (χ0v) is 20.5. The molecule has 0 aliphatic rings. The van der Waals surface area contributed by atoms with Crippen molar-refractivity contribution in [2.75, 3.05) is 22.8 Å². The van der Waals surface area contributed by atoms with Crippen LogP contribution >= 0.6 is 0 Å². The van der Waals surface area contributed by atoms with Crippen LogP contribution in [0.1, 0.15) is 29.7 Å². The monoisotopic (exact) mass is 497 g/mol. The molecule has 0 aromatic heterocycles. The third-order valence-corrected chi connectivity index (χ3v) is 5.93. The lowest BCUT2D eigenvalue weighted by molar-refractivity contribution is -0.114. The maximum atomic E-state index is 11.5. The Balaban J connectivity index is 1.69. The second-order valence-electron chi connectivity index (χ2n) is 8.54. The summed E-state index contributed by atoms with van der Waals surface area (Å²) in [6.07, 6.45) is 1.23. The maximum Gasteiger partial charge on any atom is 0.229 e. The Bertz CT molecular complexity index is 1230. The highest BCUT2D eigenvalue weighted by Gasteiger charge is 2.16. The summed E-state index contributed by atoms with van der Waals surface area (Å²) in [7, 11) is -3.54. The van der Waals surface area contributed by atoms with Gasteiger partial charge in [0.05, 0.1) is 18.0 Å². The number of carbonyl (C=O) groups excluding carboxylic acids is 1. The van der Waals surface area contributed by atoms with E-state index in [1.165, 1.54) is 19.1 Å². The lowest BCUT2D eigenvalue weighted by Gasteiger charge is -2.22. The number of amides is 1. The van der Waals surface area contributed by atoms with E-state index < -0.39 is 16.1 Å². The first-order chi connectivity index (χ1) is 16.6. The Morgan fingerprint density at radius 1 is 0.943 bits per heavy atom. The number of anilines is 2. The van der Waals surface area contributed by atoms with Crippen LogP contribution in [-0.2, 0) is 27.7 Å². The summed E-state index contributed by atoms with van der Waals surface area (Å²) in [4.78, 5) is 11.3. The summed E-state index contributed by atoms with van der Waals surface area (Å²) < 4.78 is 25.3. The average Bonchev–Trinajstić information content (AvgIpc) is 2.79. The highest BCUT2D eigenvalue weighted by Crippen LogP contribution is 2.26. The van der Waals surface area contributed by atoms with E-state index in [2.05, 4.69) is 15.4 Å². The molecule has 0 saturated heterocycles. The molecule has 9 heteroatoms. The van der Waals surface area contributed by atoms with Crippen molar-refractivity contribution in [1.29, 1.82) is 0 Å². The van der Waals surface area contributed by atoms with Gasteiger partial charge in [-0.05, 0) is 53.8 Å². The second kappa shape index (κ2) is 11.8. The first kappa shape index (κ1) is 26.2. The van der Waals surface area contributed by atoms with Crippen LogP contribution < -0.4 is 15.4 Å². The van der Waals surface area contributed by atoms with E-state index in [1.807, 2.05) is 54.6 Å². The van der Waals surface area contributed by atoms with E-state index in [4.69, 9.17) is 0 Å². The summed E-state index contributed by atoms with van der Waals surface area (Å²) in [5.41, 5.74) is 3.62. The number of aliphatic hydroxyl groups is 1. The number of aromatic hydroxyl groups is 1. The number of phenolic OH excluding ortho intramolecular Hbond substituents is 1. The molecule has 3 aromatic rings. The molecule has 0 fully saturated rings. The third-order valence-electron chi connectivity index (χ3n) is 5.34. The van der Waals surface area contributed by atoms with Crippen LogP contribution in [0.3, 0.4) is 0 Å². The highest BCUT2D eigenvalue weighted by molar-refractivity contribution is 7.92. The topological polar surface area (TPSA) is 128 Å². The van der Waals surface area contributed by atoms with Crippen LogP contribution in [-0.4, -0.2) is 43.4 Å². The van der Waals surface area contributed by atoms with Crippen LogP contribution in [0.25, 0.3) is 0 Å². The van der Waals surface area contributed by atoms with Gasteiger partial charge >= 0.3 is 0 Å². The smallest absolute Gasteiger partial charge is 0.229 e. The lowest BCUT2D eigenvalue weighted by atomic mass is 9.98. The van der Waals surface area contributed by atoms with Gasteiger partial charge < -0.3 is 20.8 Å². The van der Waals surface area contributed by atoms with E-state index in [-0.39, 0.29) is 29.8 Å². The van der Waals surface area contributed by atoms with Crippen LogP contribution in [0.2, 0.25) is 0 Å². The average molecular weight is 498 g/mol. The van der Waals surface area contributed by atoms with Crippen molar-refractivity contribution < 1.29 is 23.4 Å². The van der Waals surface area contributed by atoms with Gasteiger partial charge in [0.15, 0.2) is 0 Å². The Hall–Kier alpha value is -3.40. The first-order valence-corrected chi connectivity index (χ1v) is 13.1. The molecule has 2 atom stereocenters. The molecular weight excluding hydrogens is 466 g/mol. The molecule has 2 unspecified atom stereocenters. The number of benzene rings is 3. The van der Waals surface area contributed by atoms with Gasteiger partial charge in [0.2, 0.25) is 15.9 Å². The fraction of sp³-hybridized carbons (Fsp3) is 0.269. The van der Waals surface area contributed by atoms with Gasteiger partial charge in [0.25, 0.3) is 0 Å². The summed E-state index contributed by atoms with van der Waals surface area (Å²) >= 11 is 0. The van der Waals surface area contributed by atoms with E-state index >= 15 is 0 Å². The number of sulfonamides is 1. The van der Waals surface area contributed by atoms with Gasteiger partial charge in [-0.25, -0.2) is 8.42 Å². The summed E-state index contributed by atoms with van der Waals surface area (Å²) in [5.74, 6) is -0.318. The SMILES string of the molecule is CC(=O)Nc1ccc(C(Cc2ccccc2)NCC(O)Cc2ccc(O)c(NS(C)(=O)=O)c2)cc1. The Kier molecular flexibility index (Phi) is 8.86. The molecule has 0 heterocycles. The Morgan fingerprint density at radius 2 is 1.63 bits per heavy atom. The number of phenols is 1. The molecule has 5 N–H and O–H groups in total. The number of nitrogens with one attached hydrogen (secondary N) is 3. The predicted octanol–water partition coefficient (Wildman–Crippen LogP) is 3.20. The van der Waals surface area contributed by atoms with Gasteiger partial charge in [0.1, 0.15) is 5.75 Å². The van der Waals surface area contributed by atoms with E-state index in [0.29, 0.717) is 24.2 Å². The van der Waals surface area contributed by atoms with Crippen molar-refractivity contribution >= 4 is 27.3 Å². The largest absolute Gasteiger partial charge is 0.506 e. The number of hydrogen-bond acceptors (Lipinski definition) is 6. The van der Waals surface area contributed by atoms with Crippen molar-refractivity contribution in [2.24, 2.45) is 0 Å². The molecule has 0 saturated carbocycles. The Morgan fingerprint density at radius 3 is 2.26 bits per heavy atom. The molecule has 0 spiro atoms. The van der Waals surface area contributed by atoms with Crippen molar-refractivity contribution in [3.8, 4) is 5.75 Å². The predicted molar refractivity (Wildman–Crippen MR) is 138 cm³/mol. The minimum Gasteiger partial charge on any atom is -0.506 e. The van der Waals surface area contributed by atoms with Crippen LogP contribution in [0.15, 0.2) is 72.8 Å². The zero-order valence-electron chi connectivity index (χ0n) is 19.7. The molecule has 8 nitrogen and oxygen atoms in total. The van der Waals surface area contributed by atoms with E-state index in [0.717, 1.165) is 17.4 Å². The van der Waals surface area contributed by atoms with Crippen molar-refractivity contribution in [2.45, 2.75) is 31.9 Å². The minimum atomic E-state index is -3.54. The lowest BCUT2D eigenvalue weighted by Crippen LogP contribution is -2.32. The van der Waals surface area contributed by atoms with Gasteiger partial charge in [-0.15, -0.1) is 0 Å². The van der Waals surface area contributed by atoms with Crippen molar-refractivity contribution in [3.05, 3.63) is 89.5 Å². The molecule has 35 heavy (non-hydrogen) atoms. The number of aliphatic hydroxyl groups excluding tert-OH is 1. The molecular formula is C26H31N3O5S. The second-order valence-corrected chi connectivity index (χ2v) is 10.3. The van der Waals surface area contributed by atoms with Gasteiger partial charge in [-0.3, -0.25) is 9.52 Å². The molecule has 0 aliphatic carbocycles. The Labute approximate surface area is 206 Å². The fourth-order valence-electron chi connectivity index (χ4n) is 3.77. The fourth-order valence-corrected chi connectivity index (χ4v) is 4.34. The summed E-state index contributed by atoms with van der Waals surface area (Å²) in [6.45, 7) is 1.75. The zero-order chi connectivity index (χ0) is 25.4. The minimum absolute atomic E-state index is 0.0753. The highest BCUT2D eigenvalue weighted by atomic mass is 32.2. The normalized spacial score (nSPS) is 13.1. The number of rotatable bonds is 11. The van der Waals surface area contributed by atoms with Crippen LogP contribution in [0.4, 0.5) is 11.4 Å². The third kappa shape index (κ3) is 8.71. The number of hydrogen-bond donors (Lipinski definition) is 5. The van der Waals surface area contributed by atoms with Crippen molar-refractivity contribution in [1.82, 2.24) is 5.32 Å². The van der Waals surface area contributed by atoms with Gasteiger partial charge in [0, 0.05) is 25.2 Å². The van der Waals surface area contributed by atoms with Crippen molar-refractivity contribution in [3.63, 3.8) is 0 Å². The van der Waals surface area contributed by atoms with Crippen LogP contribution in [0.5, 0.6) is 5.75 Å². The number of carbonyl (C=O) groups is 1. The summed E-state index contributed by atoms with van der Waals surface area (Å²) in [5, 5.41) is 26.8. The molecule has 3 rings (SSSR count). The molecule has 0 aliphatic heterocycles. The van der Waals surface area contributed by atoms with E-state index in [9.17, 15) is 23.4 Å². The first-order valence-electron chi connectivity index (χ1n) is 11.2. The summed E-state index contributed by atoms with van der Waals surface area (Å²) in [6, 6.07) is 22.1. The maximum absolute atomic E-state index is 11.5. The van der Waals surface area contributed by atoms with Gasteiger partial charge in [-0.1, -0.05) is 48.5 Å². The van der Waals surface area contributed by atoms with E-state index in [1.54, 1.807) is 6.07 Å². The molecule has 0 bridgehead atoms. The molecule has 186 valence electrons. The molecule has 3 aromatic carbocycles. The molecule has 1 amide bonds. The van der Waals surface area contributed by atoms with Crippen LogP contribution in [0, 0.1) is 0 Å².